The van der Waals surface area contributed by atoms with Gasteiger partial charge < -0.3 is 5.32 Å². The Morgan fingerprint density at radius 3 is 2.39 bits per heavy atom. The van der Waals surface area contributed by atoms with Crippen LogP contribution in [0.25, 0.3) is 0 Å². The van der Waals surface area contributed by atoms with E-state index in [4.69, 9.17) is 0 Å². The zero-order valence-corrected chi connectivity index (χ0v) is 11.8. The lowest BCUT2D eigenvalue weighted by Crippen LogP contribution is -2.36. The van der Waals surface area contributed by atoms with Gasteiger partial charge in [0.2, 0.25) is 0 Å². The van der Waals surface area contributed by atoms with Crippen molar-refractivity contribution in [2.45, 2.75) is 54.7 Å². The standard InChI is InChI=1S/C15H22FNS/c1-17-14-6-4-2-3-5-7-15(14)18-13-10-8-12(16)9-11-13/h8-11,14-15,17H,2-7H2,1H3. The predicted octanol–water partition coefficient (Wildman–Crippen LogP) is 4.23. The Morgan fingerprint density at radius 1 is 1.06 bits per heavy atom. The molecule has 100 valence electrons. The predicted molar refractivity (Wildman–Crippen MR) is 76.6 cm³/mol. The highest BCUT2D eigenvalue weighted by atomic mass is 32.2. The minimum atomic E-state index is -0.151. The van der Waals surface area contributed by atoms with Gasteiger partial charge in [-0.15, -0.1) is 11.8 Å². The van der Waals surface area contributed by atoms with Crippen LogP contribution in [0, 0.1) is 5.82 Å². The first kappa shape index (κ1) is 13.9. The molecule has 1 aliphatic carbocycles. The van der Waals surface area contributed by atoms with Crippen LogP contribution in [0.1, 0.15) is 38.5 Å². The Bertz CT molecular complexity index is 352. The Morgan fingerprint density at radius 2 is 1.72 bits per heavy atom. The molecule has 18 heavy (non-hydrogen) atoms. The van der Waals surface area contributed by atoms with E-state index in [0.29, 0.717) is 11.3 Å². The quantitative estimate of drug-likeness (QED) is 0.879. The summed E-state index contributed by atoms with van der Waals surface area (Å²) in [7, 11) is 2.06. The normalized spacial score (nSPS) is 25.4. The monoisotopic (exact) mass is 267 g/mol. The number of benzene rings is 1. The molecule has 1 saturated carbocycles. The second-order valence-corrected chi connectivity index (χ2v) is 6.31. The third-order valence-electron chi connectivity index (χ3n) is 3.67. The summed E-state index contributed by atoms with van der Waals surface area (Å²) < 4.78 is 12.9. The van der Waals surface area contributed by atoms with Crippen molar-refractivity contribution in [3.8, 4) is 0 Å². The molecule has 0 aliphatic heterocycles. The van der Waals surface area contributed by atoms with Crippen molar-refractivity contribution in [1.29, 1.82) is 0 Å². The molecule has 1 aromatic carbocycles. The summed E-state index contributed by atoms with van der Waals surface area (Å²) >= 11 is 1.90. The molecule has 0 radical (unpaired) electrons. The lowest BCUT2D eigenvalue weighted by molar-refractivity contribution is 0.420. The van der Waals surface area contributed by atoms with Crippen LogP contribution in [0.2, 0.25) is 0 Å². The molecule has 1 aliphatic rings. The van der Waals surface area contributed by atoms with Crippen LogP contribution in [-0.4, -0.2) is 18.3 Å². The van der Waals surface area contributed by atoms with Gasteiger partial charge in [0.05, 0.1) is 0 Å². The lowest BCUT2D eigenvalue weighted by Gasteiger charge is -2.28. The first-order valence-corrected chi connectivity index (χ1v) is 7.77. The molecule has 2 rings (SSSR count). The molecular formula is C15H22FNS. The van der Waals surface area contributed by atoms with Crippen LogP contribution < -0.4 is 5.32 Å². The third kappa shape index (κ3) is 3.99. The van der Waals surface area contributed by atoms with E-state index in [9.17, 15) is 4.39 Å². The Balaban J connectivity index is 2.00. The summed E-state index contributed by atoms with van der Waals surface area (Å²) in [5.74, 6) is -0.151. The lowest BCUT2D eigenvalue weighted by atomic mass is 9.96. The average Bonchev–Trinajstić information content (AvgIpc) is 2.36. The van der Waals surface area contributed by atoms with Crippen molar-refractivity contribution in [2.24, 2.45) is 0 Å². The van der Waals surface area contributed by atoms with Gasteiger partial charge in [0, 0.05) is 16.2 Å². The molecule has 0 heterocycles. The molecule has 3 heteroatoms. The molecule has 0 saturated heterocycles. The Hall–Kier alpha value is -0.540. The van der Waals surface area contributed by atoms with Crippen molar-refractivity contribution in [1.82, 2.24) is 5.32 Å². The van der Waals surface area contributed by atoms with Gasteiger partial charge in [0.1, 0.15) is 5.82 Å². The van der Waals surface area contributed by atoms with E-state index >= 15 is 0 Å². The molecule has 1 fully saturated rings. The van der Waals surface area contributed by atoms with Crippen LogP contribution in [0.3, 0.4) is 0 Å². The molecule has 0 spiro atoms. The van der Waals surface area contributed by atoms with Crippen molar-refractivity contribution >= 4 is 11.8 Å². The molecule has 1 nitrogen and oxygen atoms in total. The van der Waals surface area contributed by atoms with E-state index in [1.807, 2.05) is 23.9 Å². The summed E-state index contributed by atoms with van der Waals surface area (Å²) in [5.41, 5.74) is 0. The van der Waals surface area contributed by atoms with Gasteiger partial charge in [-0.05, 0) is 44.2 Å². The summed E-state index contributed by atoms with van der Waals surface area (Å²) in [4.78, 5) is 1.18. The molecule has 2 unspecified atom stereocenters. The van der Waals surface area contributed by atoms with Crippen molar-refractivity contribution < 1.29 is 4.39 Å². The fraction of sp³-hybridized carbons (Fsp3) is 0.600. The SMILES string of the molecule is CNC1CCCCCCC1Sc1ccc(F)cc1. The smallest absolute Gasteiger partial charge is 0.123 e. The summed E-state index contributed by atoms with van der Waals surface area (Å²) in [6, 6.07) is 7.48. The van der Waals surface area contributed by atoms with E-state index in [0.717, 1.165) is 0 Å². The van der Waals surface area contributed by atoms with Gasteiger partial charge in [0.25, 0.3) is 0 Å². The minimum Gasteiger partial charge on any atom is -0.316 e. The molecule has 2 atom stereocenters. The highest BCUT2D eigenvalue weighted by molar-refractivity contribution is 8.00. The first-order valence-electron chi connectivity index (χ1n) is 6.89. The van der Waals surface area contributed by atoms with Gasteiger partial charge in [-0.1, -0.05) is 25.7 Å². The van der Waals surface area contributed by atoms with Gasteiger partial charge in [-0.25, -0.2) is 4.39 Å². The van der Waals surface area contributed by atoms with Gasteiger partial charge >= 0.3 is 0 Å². The van der Waals surface area contributed by atoms with Crippen LogP contribution in [-0.2, 0) is 0 Å². The molecule has 0 aromatic heterocycles. The van der Waals surface area contributed by atoms with Crippen LogP contribution in [0.5, 0.6) is 0 Å². The average molecular weight is 267 g/mol. The Labute approximate surface area is 114 Å². The van der Waals surface area contributed by atoms with Crippen molar-refractivity contribution in [3.05, 3.63) is 30.1 Å². The van der Waals surface area contributed by atoms with Crippen molar-refractivity contribution in [3.63, 3.8) is 0 Å². The van der Waals surface area contributed by atoms with E-state index in [-0.39, 0.29) is 5.82 Å². The van der Waals surface area contributed by atoms with E-state index < -0.39 is 0 Å². The number of nitrogens with one attached hydrogen (secondary N) is 1. The van der Waals surface area contributed by atoms with E-state index in [1.54, 1.807) is 12.1 Å². The highest BCUT2D eigenvalue weighted by Gasteiger charge is 2.22. The van der Waals surface area contributed by atoms with Gasteiger partial charge in [0.15, 0.2) is 0 Å². The zero-order valence-electron chi connectivity index (χ0n) is 11.0. The zero-order chi connectivity index (χ0) is 12.8. The number of hydrogen-bond donors (Lipinski definition) is 1. The van der Waals surface area contributed by atoms with Gasteiger partial charge in [-0.2, -0.15) is 0 Å². The summed E-state index contributed by atoms with van der Waals surface area (Å²) in [6.45, 7) is 0. The highest BCUT2D eigenvalue weighted by Crippen LogP contribution is 2.32. The fourth-order valence-corrected chi connectivity index (χ4v) is 3.97. The molecule has 1 aromatic rings. The Kier molecular flexibility index (Phi) is 5.51. The maximum atomic E-state index is 12.9. The van der Waals surface area contributed by atoms with Gasteiger partial charge in [-0.3, -0.25) is 0 Å². The van der Waals surface area contributed by atoms with Crippen LogP contribution in [0.15, 0.2) is 29.2 Å². The second kappa shape index (κ2) is 7.15. The molecular weight excluding hydrogens is 245 g/mol. The van der Waals surface area contributed by atoms with Crippen molar-refractivity contribution in [2.75, 3.05) is 7.05 Å². The maximum Gasteiger partial charge on any atom is 0.123 e. The van der Waals surface area contributed by atoms with E-state index in [1.165, 1.54) is 43.4 Å². The molecule has 1 N–H and O–H groups in total. The number of rotatable bonds is 3. The minimum absolute atomic E-state index is 0.151. The van der Waals surface area contributed by atoms with Crippen LogP contribution in [0.4, 0.5) is 4.39 Å². The fourth-order valence-electron chi connectivity index (χ4n) is 2.61. The summed E-state index contributed by atoms with van der Waals surface area (Å²) in [5, 5.41) is 4.07. The van der Waals surface area contributed by atoms with E-state index in [2.05, 4.69) is 12.4 Å². The molecule has 0 amide bonds. The van der Waals surface area contributed by atoms with Crippen LogP contribution >= 0.6 is 11.8 Å². The number of hydrogen-bond acceptors (Lipinski definition) is 2. The number of halogens is 1. The second-order valence-electron chi connectivity index (χ2n) is 5.00. The molecule has 0 bridgehead atoms. The first-order chi connectivity index (χ1) is 8.79. The topological polar surface area (TPSA) is 12.0 Å². The maximum absolute atomic E-state index is 12.9. The largest absolute Gasteiger partial charge is 0.316 e. The number of thioether (sulfide) groups is 1. The third-order valence-corrected chi connectivity index (χ3v) is 5.09. The summed E-state index contributed by atoms with van der Waals surface area (Å²) in [6.07, 6.45) is 7.88.